The highest BCUT2D eigenvalue weighted by Gasteiger charge is 2.36. The molecule has 0 spiro atoms. The molecule has 7 rings (SSSR count). The van der Waals surface area contributed by atoms with E-state index in [4.69, 9.17) is 23.9 Å². The number of nitrogens with zero attached hydrogens (tertiary/aromatic N) is 3. The molecule has 282 valence electrons. The number of nitrogens with one attached hydrogen (secondary N) is 2. The van der Waals surface area contributed by atoms with E-state index in [1.54, 1.807) is 21.3 Å². The van der Waals surface area contributed by atoms with Gasteiger partial charge in [0.05, 0.1) is 44.1 Å². The maximum absolute atomic E-state index is 14.9. The summed E-state index contributed by atoms with van der Waals surface area (Å²) in [6, 6.07) is 29.3. The van der Waals surface area contributed by atoms with Crippen LogP contribution in [-0.4, -0.2) is 47.4 Å². The molecule has 4 aromatic carbocycles. The fraction of sp³-hybridized carbons (Fsp3) is 0.289. The molecule has 10 heteroatoms. The monoisotopic (exact) mass is 737 g/mol. The van der Waals surface area contributed by atoms with E-state index in [0.29, 0.717) is 48.1 Å². The minimum atomic E-state index is -0.482. The van der Waals surface area contributed by atoms with Gasteiger partial charge >= 0.3 is 0 Å². The molecule has 55 heavy (non-hydrogen) atoms. The summed E-state index contributed by atoms with van der Waals surface area (Å²) in [6.45, 7) is 7.25. The second-order valence-electron chi connectivity index (χ2n) is 14.9. The number of aromatic amines is 1. The number of ether oxygens (including phenoxy) is 4. The molecule has 0 fully saturated rings. The summed E-state index contributed by atoms with van der Waals surface area (Å²) < 4.78 is 23.0. The van der Waals surface area contributed by atoms with E-state index in [1.165, 1.54) is 6.33 Å². The number of fused-ring (bicyclic) bond motifs is 2. The highest BCUT2D eigenvalue weighted by Crippen LogP contribution is 2.46. The molecule has 2 aromatic heterocycles. The Labute approximate surface area is 321 Å². The Morgan fingerprint density at radius 2 is 1.60 bits per heavy atom. The number of carbonyl (C=O) groups is 1. The molecule has 0 saturated carbocycles. The highest BCUT2D eigenvalue weighted by molar-refractivity contribution is 6.09. The number of allylic oxidation sites excluding steroid dienone is 1. The van der Waals surface area contributed by atoms with Crippen LogP contribution in [-0.2, 0) is 19.4 Å². The number of aromatic nitrogens is 4. The smallest absolute Gasteiger partial charge is 0.252 e. The number of methoxy groups -OCH3 is 3. The van der Waals surface area contributed by atoms with Crippen molar-refractivity contribution in [2.24, 2.45) is 11.3 Å². The van der Waals surface area contributed by atoms with Gasteiger partial charge in [-0.15, -0.1) is 0 Å². The van der Waals surface area contributed by atoms with Crippen molar-refractivity contribution in [1.29, 1.82) is 0 Å². The van der Waals surface area contributed by atoms with Gasteiger partial charge in [0.15, 0.2) is 11.5 Å². The molecular formula is C45H47N5O5. The van der Waals surface area contributed by atoms with Crippen LogP contribution in [0.1, 0.15) is 77.4 Å². The summed E-state index contributed by atoms with van der Waals surface area (Å²) in [5.74, 6) is 3.04. The standard InChI is InChI=1S/C45H47N5O5/c1-45(2,3)32-24-31(20-30-22-38(52-4)42(54-6)39(23-30)53-5)41-35(25-32)40(34-14-10-11-15-36(34)48-41)44(51)49-37(43-46-27-47-50-43)21-28-16-18-33(19-17-28)55-26-29-12-8-7-9-13-29/h7-20,22-23,27,32,37H,21,24-26H2,1-6H3,(H,49,51)(H,46,47,50)/b31-20-/t32?,37-/m0/s1. The number of rotatable bonds is 12. The first-order chi connectivity index (χ1) is 26.6. The molecule has 1 amide bonds. The third-order valence-electron chi connectivity index (χ3n) is 10.4. The highest BCUT2D eigenvalue weighted by atomic mass is 16.5. The van der Waals surface area contributed by atoms with Gasteiger partial charge in [0.25, 0.3) is 5.91 Å². The second kappa shape index (κ2) is 16.1. The van der Waals surface area contributed by atoms with Crippen molar-refractivity contribution in [2.75, 3.05) is 21.3 Å². The lowest BCUT2D eigenvalue weighted by atomic mass is 9.69. The van der Waals surface area contributed by atoms with Gasteiger partial charge in [0.2, 0.25) is 5.75 Å². The lowest BCUT2D eigenvalue weighted by Gasteiger charge is -2.37. The normalized spacial score (nSPS) is 15.3. The summed E-state index contributed by atoms with van der Waals surface area (Å²) in [6.07, 6.45) is 5.57. The Balaban J connectivity index is 1.26. The molecule has 6 aromatic rings. The first-order valence-electron chi connectivity index (χ1n) is 18.5. The van der Waals surface area contributed by atoms with E-state index in [1.807, 2.05) is 91.0 Å². The number of para-hydroxylation sites is 1. The van der Waals surface area contributed by atoms with Crippen LogP contribution in [0.15, 0.2) is 97.3 Å². The average Bonchev–Trinajstić information content (AvgIpc) is 3.74. The molecule has 2 N–H and O–H groups in total. The number of pyridine rings is 1. The van der Waals surface area contributed by atoms with Crippen LogP contribution in [0.25, 0.3) is 22.6 Å². The van der Waals surface area contributed by atoms with Crippen molar-refractivity contribution in [2.45, 2.75) is 52.7 Å². The molecule has 0 bridgehead atoms. The molecule has 0 radical (unpaired) electrons. The summed E-state index contributed by atoms with van der Waals surface area (Å²) in [7, 11) is 4.82. The summed E-state index contributed by atoms with van der Waals surface area (Å²) in [4.78, 5) is 24.6. The van der Waals surface area contributed by atoms with Gasteiger partial charge in [0.1, 0.15) is 24.5 Å². The predicted molar refractivity (Wildman–Crippen MR) is 214 cm³/mol. The van der Waals surface area contributed by atoms with E-state index in [9.17, 15) is 4.79 Å². The molecule has 1 unspecified atom stereocenters. The van der Waals surface area contributed by atoms with Gasteiger partial charge in [-0.3, -0.25) is 9.89 Å². The van der Waals surface area contributed by atoms with Gasteiger partial charge < -0.3 is 24.3 Å². The number of carbonyl (C=O) groups excluding carboxylic acids is 1. The van der Waals surface area contributed by atoms with Crippen molar-refractivity contribution >= 4 is 28.5 Å². The zero-order valence-corrected chi connectivity index (χ0v) is 32.2. The number of hydrogen-bond acceptors (Lipinski definition) is 8. The Kier molecular flexibility index (Phi) is 10.9. The Bertz CT molecular complexity index is 2270. The van der Waals surface area contributed by atoms with E-state index < -0.39 is 6.04 Å². The van der Waals surface area contributed by atoms with Crippen molar-refractivity contribution in [1.82, 2.24) is 25.5 Å². The predicted octanol–water partition coefficient (Wildman–Crippen LogP) is 8.82. The molecule has 1 aliphatic carbocycles. The number of H-pyrrole nitrogens is 1. The number of benzene rings is 4. The molecule has 10 nitrogen and oxygen atoms in total. The fourth-order valence-corrected chi connectivity index (χ4v) is 7.31. The lowest BCUT2D eigenvalue weighted by Crippen LogP contribution is -2.34. The van der Waals surface area contributed by atoms with Crippen LogP contribution >= 0.6 is 0 Å². The molecule has 0 saturated heterocycles. The van der Waals surface area contributed by atoms with Gasteiger partial charge in [-0.25, -0.2) is 9.97 Å². The van der Waals surface area contributed by atoms with Crippen LogP contribution in [0.4, 0.5) is 0 Å². The van der Waals surface area contributed by atoms with E-state index in [2.05, 4.69) is 47.3 Å². The third-order valence-corrected chi connectivity index (χ3v) is 10.4. The van der Waals surface area contributed by atoms with Crippen molar-refractivity contribution in [3.63, 3.8) is 0 Å². The van der Waals surface area contributed by atoms with E-state index >= 15 is 0 Å². The van der Waals surface area contributed by atoms with Crippen LogP contribution in [0.5, 0.6) is 23.0 Å². The minimum Gasteiger partial charge on any atom is -0.493 e. The first-order valence-corrected chi connectivity index (χ1v) is 18.5. The minimum absolute atomic E-state index is 0.0508. The Morgan fingerprint density at radius 3 is 2.25 bits per heavy atom. The third kappa shape index (κ3) is 8.18. The fourth-order valence-electron chi connectivity index (χ4n) is 7.31. The van der Waals surface area contributed by atoms with E-state index in [0.717, 1.165) is 56.6 Å². The zero-order valence-electron chi connectivity index (χ0n) is 32.2. The SMILES string of the molecule is COc1cc(/C=C2/CC(C(C)(C)C)Cc3c2nc2ccccc2c3C(=O)N[C@@H](Cc2ccc(OCc3ccccc3)cc2)c2ncn[nH]2)cc(OC)c1OC. The molecule has 2 heterocycles. The van der Waals surface area contributed by atoms with Crippen molar-refractivity contribution in [3.8, 4) is 23.0 Å². The largest absolute Gasteiger partial charge is 0.493 e. The number of hydrogen-bond donors (Lipinski definition) is 2. The maximum Gasteiger partial charge on any atom is 0.252 e. The van der Waals surface area contributed by atoms with Crippen LogP contribution in [0, 0.1) is 11.3 Å². The summed E-state index contributed by atoms with van der Waals surface area (Å²) in [5.41, 5.74) is 7.10. The molecule has 2 atom stereocenters. The van der Waals surface area contributed by atoms with Crippen LogP contribution in [0.3, 0.4) is 0 Å². The van der Waals surface area contributed by atoms with Gasteiger partial charge in [-0.05, 0) is 94.8 Å². The van der Waals surface area contributed by atoms with Gasteiger partial charge in [-0.1, -0.05) is 81.4 Å². The Hall–Kier alpha value is -6.16. The average molecular weight is 738 g/mol. The lowest BCUT2D eigenvalue weighted by molar-refractivity contribution is 0.0934. The second-order valence-corrected chi connectivity index (χ2v) is 14.9. The van der Waals surface area contributed by atoms with Crippen LogP contribution in [0.2, 0.25) is 0 Å². The molecule has 0 aliphatic heterocycles. The zero-order chi connectivity index (χ0) is 38.5. The van der Waals surface area contributed by atoms with Gasteiger partial charge in [0, 0.05) is 5.39 Å². The van der Waals surface area contributed by atoms with Crippen molar-refractivity contribution < 1.29 is 23.7 Å². The van der Waals surface area contributed by atoms with Crippen LogP contribution < -0.4 is 24.3 Å². The Morgan fingerprint density at radius 1 is 0.891 bits per heavy atom. The topological polar surface area (TPSA) is 120 Å². The molecular weight excluding hydrogens is 691 g/mol. The number of amides is 1. The summed E-state index contributed by atoms with van der Waals surface area (Å²) in [5, 5.41) is 11.3. The summed E-state index contributed by atoms with van der Waals surface area (Å²) >= 11 is 0. The van der Waals surface area contributed by atoms with E-state index in [-0.39, 0.29) is 17.2 Å². The molecule has 1 aliphatic rings. The van der Waals surface area contributed by atoms with Crippen molar-refractivity contribution in [3.05, 3.63) is 137 Å². The maximum atomic E-state index is 14.9. The quantitative estimate of drug-likeness (QED) is 0.128. The first kappa shape index (κ1) is 37.2. The van der Waals surface area contributed by atoms with Gasteiger partial charge in [-0.2, -0.15) is 5.10 Å².